The predicted molar refractivity (Wildman–Crippen MR) is 69.9 cm³/mol. The lowest BCUT2D eigenvalue weighted by Crippen LogP contribution is -2.08. The first-order valence-electron chi connectivity index (χ1n) is 5.64. The Morgan fingerprint density at radius 1 is 1.06 bits per heavy atom. The van der Waals surface area contributed by atoms with Crippen LogP contribution in [0, 0.1) is 0 Å². The minimum absolute atomic E-state index is 0.0393. The second-order valence-electron chi connectivity index (χ2n) is 4.10. The van der Waals surface area contributed by atoms with Gasteiger partial charge in [-0.2, -0.15) is 0 Å². The van der Waals surface area contributed by atoms with E-state index in [1.807, 2.05) is 42.5 Å². The van der Waals surface area contributed by atoms with E-state index in [0.717, 1.165) is 10.5 Å². The molecule has 1 heterocycles. The molecule has 0 bridgehead atoms. The first-order valence-corrected chi connectivity index (χ1v) is 6.79. The van der Waals surface area contributed by atoms with Crippen LogP contribution < -0.4 is 5.32 Å². The highest BCUT2D eigenvalue weighted by molar-refractivity contribution is 7.91. The number of anilines is 1. The molecular formula is C14H11NO2S. The van der Waals surface area contributed by atoms with Crippen LogP contribution in [-0.2, 0) is 22.4 Å². The van der Waals surface area contributed by atoms with Crippen molar-refractivity contribution >= 4 is 22.8 Å². The molecule has 3 nitrogen and oxygen atoms in total. The summed E-state index contributed by atoms with van der Waals surface area (Å²) in [4.78, 5) is 12.8. The first kappa shape index (κ1) is 11.3. The summed E-state index contributed by atoms with van der Waals surface area (Å²) in [5.41, 5.74) is 1.63. The van der Waals surface area contributed by atoms with E-state index in [1.165, 1.54) is 0 Å². The second-order valence-corrected chi connectivity index (χ2v) is 5.55. The second kappa shape index (κ2) is 4.48. The maximum absolute atomic E-state index is 12.5. The zero-order chi connectivity index (χ0) is 12.5. The summed E-state index contributed by atoms with van der Waals surface area (Å²) < 4.78 is 12.5. The van der Waals surface area contributed by atoms with Crippen LogP contribution in [0.4, 0.5) is 5.69 Å². The number of fused-ring (bicyclic) bond motifs is 1. The van der Waals surface area contributed by atoms with E-state index in [2.05, 4.69) is 5.32 Å². The van der Waals surface area contributed by atoms with E-state index in [0.29, 0.717) is 17.0 Å². The fraction of sp³-hybridized carbons (Fsp3) is 0.0714. The van der Waals surface area contributed by atoms with Gasteiger partial charge in [-0.25, -0.2) is 0 Å². The van der Waals surface area contributed by atoms with E-state index in [1.54, 1.807) is 6.07 Å². The summed E-state index contributed by atoms with van der Waals surface area (Å²) >= 11 is -1.26. The lowest BCUT2D eigenvalue weighted by molar-refractivity contribution is -0.115. The predicted octanol–water partition coefficient (Wildman–Crippen LogP) is 2.35. The van der Waals surface area contributed by atoms with Crippen molar-refractivity contribution in [2.75, 3.05) is 5.32 Å². The van der Waals surface area contributed by atoms with Gasteiger partial charge in [-0.1, -0.05) is 30.3 Å². The minimum Gasteiger partial charge on any atom is -0.606 e. The molecule has 1 amide bonds. The summed E-state index contributed by atoms with van der Waals surface area (Å²) in [6, 6.07) is 14.8. The highest BCUT2D eigenvalue weighted by Crippen LogP contribution is 2.33. The Morgan fingerprint density at radius 2 is 1.83 bits per heavy atom. The van der Waals surface area contributed by atoms with Crippen LogP contribution in [0.2, 0.25) is 0 Å². The van der Waals surface area contributed by atoms with Crippen molar-refractivity contribution in [1.82, 2.24) is 0 Å². The first-order chi connectivity index (χ1) is 8.75. The average Bonchev–Trinajstić information content (AvgIpc) is 2.79. The third-order valence-corrected chi connectivity index (χ3v) is 4.32. The molecule has 0 saturated heterocycles. The van der Waals surface area contributed by atoms with Gasteiger partial charge < -0.3 is 9.87 Å². The van der Waals surface area contributed by atoms with Gasteiger partial charge in [0.15, 0.2) is 9.79 Å². The fourth-order valence-corrected chi connectivity index (χ4v) is 3.28. The molecule has 0 saturated carbocycles. The van der Waals surface area contributed by atoms with E-state index in [-0.39, 0.29) is 5.91 Å². The number of nitrogens with one attached hydrogen (secondary N) is 1. The third-order valence-electron chi connectivity index (χ3n) is 2.88. The fourth-order valence-electron chi connectivity index (χ4n) is 2.05. The van der Waals surface area contributed by atoms with Gasteiger partial charge in [0.1, 0.15) is 5.69 Å². The van der Waals surface area contributed by atoms with Gasteiger partial charge in [0, 0.05) is 11.2 Å². The zero-order valence-corrected chi connectivity index (χ0v) is 10.4. The number of rotatable bonds is 2. The molecule has 0 radical (unpaired) electrons. The SMILES string of the molecule is O=C1Cc2cccc([S+]([O-])c3ccccc3)c2N1. The molecule has 3 rings (SSSR count). The van der Waals surface area contributed by atoms with Crippen LogP contribution >= 0.6 is 0 Å². The highest BCUT2D eigenvalue weighted by Gasteiger charge is 2.27. The van der Waals surface area contributed by atoms with Gasteiger partial charge in [0.2, 0.25) is 5.91 Å². The Bertz CT molecular complexity index is 598. The van der Waals surface area contributed by atoms with Crippen molar-refractivity contribution in [3.63, 3.8) is 0 Å². The number of benzene rings is 2. The Labute approximate surface area is 108 Å². The minimum atomic E-state index is -1.26. The molecule has 1 aliphatic heterocycles. The maximum Gasteiger partial charge on any atom is 0.229 e. The Kier molecular flexibility index (Phi) is 2.81. The van der Waals surface area contributed by atoms with Crippen LogP contribution in [0.1, 0.15) is 5.56 Å². The summed E-state index contributed by atoms with van der Waals surface area (Å²) in [6.07, 6.45) is 0.370. The molecular weight excluding hydrogens is 246 g/mol. The molecule has 18 heavy (non-hydrogen) atoms. The Hall–Kier alpha value is -1.78. The van der Waals surface area contributed by atoms with Gasteiger partial charge in [-0.15, -0.1) is 0 Å². The van der Waals surface area contributed by atoms with Crippen LogP contribution in [-0.4, -0.2) is 10.5 Å². The normalized spacial score (nSPS) is 15.1. The quantitative estimate of drug-likeness (QED) is 0.840. The maximum atomic E-state index is 12.5. The lowest BCUT2D eigenvalue weighted by Gasteiger charge is -2.12. The molecule has 0 fully saturated rings. The van der Waals surface area contributed by atoms with Gasteiger partial charge in [0.05, 0.1) is 6.42 Å². The van der Waals surface area contributed by atoms with Crippen LogP contribution in [0.5, 0.6) is 0 Å². The van der Waals surface area contributed by atoms with Crippen molar-refractivity contribution in [3.8, 4) is 0 Å². The van der Waals surface area contributed by atoms with Crippen molar-refractivity contribution in [2.24, 2.45) is 0 Å². The molecule has 1 N–H and O–H groups in total. The van der Waals surface area contributed by atoms with Crippen molar-refractivity contribution in [2.45, 2.75) is 16.2 Å². The zero-order valence-electron chi connectivity index (χ0n) is 9.55. The summed E-state index contributed by atoms with van der Waals surface area (Å²) in [6.45, 7) is 0. The van der Waals surface area contributed by atoms with Crippen LogP contribution in [0.25, 0.3) is 0 Å². The highest BCUT2D eigenvalue weighted by atomic mass is 32.2. The molecule has 2 aromatic rings. The molecule has 2 aromatic carbocycles. The van der Waals surface area contributed by atoms with Crippen molar-refractivity contribution in [3.05, 3.63) is 54.1 Å². The topological polar surface area (TPSA) is 52.2 Å². The van der Waals surface area contributed by atoms with Gasteiger partial charge in [-0.3, -0.25) is 4.79 Å². The van der Waals surface area contributed by atoms with E-state index in [9.17, 15) is 9.35 Å². The molecule has 4 heteroatoms. The molecule has 0 aliphatic carbocycles. The summed E-state index contributed by atoms with van der Waals surface area (Å²) in [5, 5.41) is 2.78. The number of hydrogen-bond donors (Lipinski definition) is 1. The molecule has 0 spiro atoms. The summed E-state index contributed by atoms with van der Waals surface area (Å²) in [5.74, 6) is -0.0393. The van der Waals surface area contributed by atoms with Crippen LogP contribution in [0.3, 0.4) is 0 Å². The summed E-state index contributed by atoms with van der Waals surface area (Å²) in [7, 11) is 0. The van der Waals surface area contributed by atoms with E-state index in [4.69, 9.17) is 0 Å². The number of carbonyl (C=O) groups excluding carboxylic acids is 1. The molecule has 0 aromatic heterocycles. The smallest absolute Gasteiger partial charge is 0.229 e. The van der Waals surface area contributed by atoms with E-state index < -0.39 is 11.2 Å². The van der Waals surface area contributed by atoms with E-state index >= 15 is 0 Å². The lowest BCUT2D eigenvalue weighted by atomic mass is 10.2. The van der Waals surface area contributed by atoms with Gasteiger partial charge in [0.25, 0.3) is 0 Å². The number of para-hydroxylation sites is 1. The van der Waals surface area contributed by atoms with Crippen molar-refractivity contribution in [1.29, 1.82) is 0 Å². The number of hydrogen-bond acceptors (Lipinski definition) is 2. The van der Waals surface area contributed by atoms with Gasteiger partial charge in [-0.05, 0) is 23.8 Å². The average molecular weight is 257 g/mol. The molecule has 1 unspecified atom stereocenters. The standard InChI is InChI=1S/C14H11NO2S/c16-13-9-10-5-4-8-12(14(10)15-13)18(17)11-6-2-1-3-7-11/h1-8H,9H2,(H,15,16). The molecule has 1 aliphatic rings. The Morgan fingerprint density at radius 3 is 2.61 bits per heavy atom. The third kappa shape index (κ3) is 1.89. The van der Waals surface area contributed by atoms with Crippen molar-refractivity contribution < 1.29 is 9.35 Å². The molecule has 90 valence electrons. The number of carbonyl (C=O) groups is 1. The van der Waals surface area contributed by atoms with Gasteiger partial charge >= 0.3 is 0 Å². The largest absolute Gasteiger partial charge is 0.606 e. The number of amides is 1. The monoisotopic (exact) mass is 257 g/mol. The Balaban J connectivity index is 2.04. The molecule has 1 atom stereocenters. The van der Waals surface area contributed by atoms with Crippen LogP contribution in [0.15, 0.2) is 58.3 Å².